The molecule has 3 aromatic rings. The van der Waals surface area contributed by atoms with Gasteiger partial charge >= 0.3 is 35.8 Å². The second kappa shape index (κ2) is 11.6. The number of aromatic carboxylic acids is 4. The number of carboxylic acid groups (broad SMARTS) is 4. The number of carbonyl (C=O) groups is 6. The number of hydrogen-bond acceptors (Lipinski definition) is 8. The molecule has 0 aliphatic carbocycles. The van der Waals surface area contributed by atoms with Crippen LogP contribution in [0.25, 0.3) is 22.3 Å². The molecule has 40 heavy (non-hydrogen) atoms. The van der Waals surface area contributed by atoms with Crippen molar-refractivity contribution < 1.29 is 58.7 Å². The SMILES string of the molecule is C=COC(=O)c1ccc(-c2cccc(C(=O)O)c2C(=O)O)c(-c2cccc(C(=O)O)c2C(=O)O)c1C(=O)OC=C. The van der Waals surface area contributed by atoms with E-state index < -0.39 is 80.3 Å². The highest BCUT2D eigenvalue weighted by atomic mass is 16.5. The number of carboxylic acids is 4. The van der Waals surface area contributed by atoms with Gasteiger partial charge in [-0.15, -0.1) is 0 Å². The number of esters is 2. The molecule has 0 spiro atoms. The Kier molecular flexibility index (Phi) is 8.25. The van der Waals surface area contributed by atoms with Gasteiger partial charge in [-0.1, -0.05) is 43.5 Å². The number of ether oxygens (including phenoxy) is 2. The van der Waals surface area contributed by atoms with Gasteiger partial charge in [0.1, 0.15) is 0 Å². The Hall–Kier alpha value is -6.04. The molecule has 3 rings (SSSR count). The maximum atomic E-state index is 13.2. The zero-order chi connectivity index (χ0) is 29.7. The van der Waals surface area contributed by atoms with Gasteiger partial charge in [-0.05, 0) is 34.9 Å². The minimum absolute atomic E-state index is 0.239. The molecule has 0 saturated carbocycles. The van der Waals surface area contributed by atoms with Crippen LogP contribution in [-0.4, -0.2) is 56.2 Å². The lowest BCUT2D eigenvalue weighted by molar-refractivity contribution is 0.0620. The largest absolute Gasteiger partial charge is 0.478 e. The Bertz CT molecular complexity index is 1630. The van der Waals surface area contributed by atoms with Gasteiger partial charge in [-0.25, -0.2) is 28.8 Å². The molecule has 3 aromatic carbocycles. The standard InChI is InChI=1S/C28H18O12/c1-3-39-27(37)18-12-11-14(13-7-5-9-16(23(29)30)20(13)25(33)34)19(22(18)28(38)40-4-2)15-8-6-10-17(24(31)32)21(15)26(35)36/h3-12H,1-2H2,(H,29,30)(H,31,32)(H,33,34)(H,35,36). The van der Waals surface area contributed by atoms with E-state index in [4.69, 9.17) is 9.47 Å². The molecule has 0 aliphatic rings. The molecule has 0 aromatic heterocycles. The van der Waals surface area contributed by atoms with Gasteiger partial charge in [0.2, 0.25) is 0 Å². The van der Waals surface area contributed by atoms with E-state index in [1.165, 1.54) is 12.1 Å². The third-order valence-electron chi connectivity index (χ3n) is 5.59. The van der Waals surface area contributed by atoms with Crippen LogP contribution in [0.4, 0.5) is 0 Å². The lowest BCUT2D eigenvalue weighted by Crippen LogP contribution is -2.17. The lowest BCUT2D eigenvalue weighted by atomic mass is 9.82. The van der Waals surface area contributed by atoms with Crippen LogP contribution in [0.3, 0.4) is 0 Å². The quantitative estimate of drug-likeness (QED) is 0.206. The minimum atomic E-state index is -1.74. The predicted molar refractivity (Wildman–Crippen MR) is 136 cm³/mol. The topological polar surface area (TPSA) is 202 Å². The molecule has 0 radical (unpaired) electrons. The van der Waals surface area contributed by atoms with Crippen molar-refractivity contribution in [3.8, 4) is 22.3 Å². The summed E-state index contributed by atoms with van der Waals surface area (Å²) in [5.41, 5.74) is -5.43. The van der Waals surface area contributed by atoms with E-state index in [0.717, 1.165) is 42.7 Å². The summed E-state index contributed by atoms with van der Waals surface area (Å²) in [6.07, 6.45) is 1.46. The fourth-order valence-electron chi connectivity index (χ4n) is 4.12. The zero-order valence-corrected chi connectivity index (χ0v) is 20.2. The molecule has 0 bridgehead atoms. The first-order valence-electron chi connectivity index (χ1n) is 11.0. The highest BCUT2D eigenvalue weighted by molar-refractivity contribution is 6.16. The van der Waals surface area contributed by atoms with Crippen LogP contribution in [0.15, 0.2) is 74.2 Å². The number of carbonyl (C=O) groups excluding carboxylic acids is 2. The van der Waals surface area contributed by atoms with Crippen molar-refractivity contribution in [1.82, 2.24) is 0 Å². The second-order valence-electron chi connectivity index (χ2n) is 7.73. The molecule has 0 fully saturated rings. The minimum Gasteiger partial charge on any atom is -0.478 e. The zero-order valence-electron chi connectivity index (χ0n) is 20.2. The van der Waals surface area contributed by atoms with Crippen molar-refractivity contribution in [3.63, 3.8) is 0 Å². The van der Waals surface area contributed by atoms with E-state index in [-0.39, 0.29) is 11.1 Å². The van der Waals surface area contributed by atoms with Crippen LogP contribution >= 0.6 is 0 Å². The number of rotatable bonds is 10. The average molecular weight is 546 g/mol. The van der Waals surface area contributed by atoms with Gasteiger partial charge in [-0.2, -0.15) is 0 Å². The first kappa shape index (κ1) is 28.5. The molecule has 12 nitrogen and oxygen atoms in total. The van der Waals surface area contributed by atoms with E-state index in [9.17, 15) is 49.2 Å². The predicted octanol–water partition coefficient (Wildman–Crippen LogP) is 4.41. The van der Waals surface area contributed by atoms with Crippen molar-refractivity contribution in [2.45, 2.75) is 0 Å². The molecule has 0 atom stereocenters. The molecule has 0 aliphatic heterocycles. The van der Waals surface area contributed by atoms with Gasteiger partial charge in [0, 0.05) is 5.56 Å². The van der Waals surface area contributed by atoms with E-state index in [1.807, 2.05) is 0 Å². The smallest absolute Gasteiger partial charge is 0.344 e. The van der Waals surface area contributed by atoms with Crippen LogP contribution in [0.2, 0.25) is 0 Å². The monoisotopic (exact) mass is 546 g/mol. The van der Waals surface area contributed by atoms with Crippen molar-refractivity contribution in [3.05, 3.63) is 108 Å². The van der Waals surface area contributed by atoms with E-state index in [0.29, 0.717) is 6.26 Å². The Labute approximate surface area is 224 Å². The first-order valence-corrected chi connectivity index (χ1v) is 11.0. The van der Waals surface area contributed by atoms with Crippen LogP contribution in [0.1, 0.15) is 62.1 Å². The Morgan fingerprint density at radius 3 is 1.48 bits per heavy atom. The molecular formula is C28H18O12. The lowest BCUT2D eigenvalue weighted by Gasteiger charge is -2.20. The summed E-state index contributed by atoms with van der Waals surface area (Å²) in [6.45, 7) is 6.55. The van der Waals surface area contributed by atoms with Gasteiger partial charge in [0.15, 0.2) is 0 Å². The number of benzene rings is 3. The summed E-state index contributed by atoms with van der Waals surface area (Å²) >= 11 is 0. The third-order valence-corrected chi connectivity index (χ3v) is 5.59. The summed E-state index contributed by atoms with van der Waals surface area (Å²) in [6, 6.07) is 8.88. The summed E-state index contributed by atoms with van der Waals surface area (Å²) in [4.78, 5) is 74.4. The van der Waals surface area contributed by atoms with Crippen LogP contribution in [0, 0.1) is 0 Å². The van der Waals surface area contributed by atoms with Gasteiger partial charge in [0.05, 0.1) is 45.9 Å². The van der Waals surface area contributed by atoms with Gasteiger partial charge in [-0.3, -0.25) is 0 Å². The van der Waals surface area contributed by atoms with Crippen LogP contribution in [-0.2, 0) is 9.47 Å². The molecule has 12 heteroatoms. The van der Waals surface area contributed by atoms with Crippen LogP contribution in [0.5, 0.6) is 0 Å². The van der Waals surface area contributed by atoms with Crippen molar-refractivity contribution in [2.75, 3.05) is 0 Å². The third kappa shape index (κ3) is 5.17. The Morgan fingerprint density at radius 2 is 1.00 bits per heavy atom. The van der Waals surface area contributed by atoms with Crippen LogP contribution < -0.4 is 0 Å². The van der Waals surface area contributed by atoms with Crippen molar-refractivity contribution in [2.24, 2.45) is 0 Å². The van der Waals surface area contributed by atoms with Crippen molar-refractivity contribution >= 4 is 35.8 Å². The summed E-state index contributed by atoms with van der Waals surface area (Å²) in [5.74, 6) is -9.08. The number of hydrogen-bond donors (Lipinski definition) is 4. The summed E-state index contributed by atoms with van der Waals surface area (Å²) in [7, 11) is 0. The van der Waals surface area contributed by atoms with Crippen molar-refractivity contribution in [1.29, 1.82) is 0 Å². The van der Waals surface area contributed by atoms with Gasteiger partial charge < -0.3 is 29.9 Å². The summed E-state index contributed by atoms with van der Waals surface area (Å²) < 4.78 is 9.68. The molecule has 0 saturated heterocycles. The highest BCUT2D eigenvalue weighted by Gasteiger charge is 2.32. The Morgan fingerprint density at radius 1 is 0.525 bits per heavy atom. The van der Waals surface area contributed by atoms with E-state index >= 15 is 0 Å². The fraction of sp³-hybridized carbons (Fsp3) is 0. The molecule has 0 amide bonds. The molecule has 4 N–H and O–H groups in total. The first-order chi connectivity index (χ1) is 19.0. The van der Waals surface area contributed by atoms with E-state index in [1.54, 1.807) is 0 Å². The maximum Gasteiger partial charge on any atom is 0.344 e. The summed E-state index contributed by atoms with van der Waals surface area (Å²) in [5, 5.41) is 39.2. The second-order valence-corrected chi connectivity index (χ2v) is 7.73. The molecular weight excluding hydrogens is 528 g/mol. The normalized spacial score (nSPS) is 10.2. The molecule has 0 unspecified atom stereocenters. The average Bonchev–Trinajstić information content (AvgIpc) is 2.91. The van der Waals surface area contributed by atoms with Gasteiger partial charge in [0.25, 0.3) is 0 Å². The molecule has 0 heterocycles. The maximum absolute atomic E-state index is 13.2. The fourth-order valence-corrected chi connectivity index (χ4v) is 4.12. The Balaban J connectivity index is 2.71. The molecule has 202 valence electrons. The highest BCUT2D eigenvalue weighted by Crippen LogP contribution is 2.42. The van der Waals surface area contributed by atoms with E-state index in [2.05, 4.69) is 13.2 Å².